The number of anilines is 1. The topological polar surface area (TPSA) is 102 Å². The second-order valence-corrected chi connectivity index (χ2v) is 5.66. The van der Waals surface area contributed by atoms with Crippen LogP contribution in [0.25, 0.3) is 10.6 Å². The minimum atomic E-state index is -0.338. The Morgan fingerprint density at radius 2 is 2.04 bits per heavy atom. The predicted octanol–water partition coefficient (Wildman–Crippen LogP) is 3.81. The van der Waals surface area contributed by atoms with Crippen LogP contribution in [0.15, 0.2) is 56.8 Å². The van der Waals surface area contributed by atoms with Crippen LogP contribution in [0.2, 0.25) is 0 Å². The van der Waals surface area contributed by atoms with Gasteiger partial charge in [0.15, 0.2) is 5.69 Å². The summed E-state index contributed by atoms with van der Waals surface area (Å²) >= 11 is 1.50. The van der Waals surface area contributed by atoms with Gasteiger partial charge >= 0.3 is 0 Å². The zero-order chi connectivity index (χ0) is 16.2. The van der Waals surface area contributed by atoms with E-state index in [0.29, 0.717) is 17.1 Å². The molecule has 1 aromatic carbocycles. The Kier molecular flexibility index (Phi) is 4.15. The van der Waals surface area contributed by atoms with Crippen molar-refractivity contribution in [1.29, 1.82) is 0 Å². The number of amides is 1. The summed E-state index contributed by atoms with van der Waals surface area (Å²) in [5.41, 5.74) is 1.64. The molecule has 0 aliphatic carbocycles. The molecule has 0 atom stereocenters. The van der Waals surface area contributed by atoms with E-state index in [9.17, 15) is 9.59 Å². The van der Waals surface area contributed by atoms with Crippen molar-refractivity contribution >= 4 is 34.3 Å². The van der Waals surface area contributed by atoms with Gasteiger partial charge in [0.25, 0.3) is 5.56 Å². The van der Waals surface area contributed by atoms with Gasteiger partial charge in [-0.15, -0.1) is 16.5 Å². The van der Waals surface area contributed by atoms with Crippen LogP contribution in [0.1, 0.15) is 6.92 Å². The van der Waals surface area contributed by atoms with E-state index in [0.717, 1.165) is 4.88 Å². The number of thiophene rings is 1. The number of rotatable bonds is 4. The molecule has 0 spiro atoms. The number of azo groups is 1. The monoisotopic (exact) mass is 327 g/mol. The van der Waals surface area contributed by atoms with E-state index in [1.54, 1.807) is 24.3 Å². The maximum Gasteiger partial charge on any atom is 0.292 e. The number of hydrogen-bond acceptors (Lipinski definition) is 5. The lowest BCUT2D eigenvalue weighted by atomic mass is 10.3. The smallest absolute Gasteiger partial charge is 0.292 e. The van der Waals surface area contributed by atoms with Gasteiger partial charge < -0.3 is 5.32 Å². The van der Waals surface area contributed by atoms with Gasteiger partial charge in [0.05, 0.1) is 10.6 Å². The molecule has 0 bridgehead atoms. The van der Waals surface area contributed by atoms with Gasteiger partial charge in [-0.3, -0.25) is 19.8 Å². The molecule has 116 valence electrons. The molecule has 3 rings (SSSR count). The van der Waals surface area contributed by atoms with E-state index in [2.05, 4.69) is 25.7 Å². The van der Waals surface area contributed by atoms with E-state index in [-0.39, 0.29) is 17.2 Å². The second-order valence-electron chi connectivity index (χ2n) is 4.71. The fourth-order valence-corrected chi connectivity index (χ4v) is 2.73. The molecule has 0 saturated heterocycles. The quantitative estimate of drug-likeness (QED) is 0.634. The maximum atomic E-state index is 11.9. The third-order valence-electron chi connectivity index (χ3n) is 2.95. The van der Waals surface area contributed by atoms with Gasteiger partial charge in [-0.2, -0.15) is 5.11 Å². The Labute approximate surface area is 135 Å². The Balaban J connectivity index is 1.91. The van der Waals surface area contributed by atoms with Crippen LogP contribution < -0.4 is 10.9 Å². The number of carbonyl (C=O) groups excluding carboxylic acids is 1. The van der Waals surface area contributed by atoms with Crippen LogP contribution in [-0.2, 0) is 4.79 Å². The highest BCUT2D eigenvalue weighted by Gasteiger charge is 2.12. The normalized spacial score (nSPS) is 11.0. The van der Waals surface area contributed by atoms with Crippen molar-refractivity contribution in [3.8, 4) is 10.6 Å². The molecular weight excluding hydrogens is 314 g/mol. The first kappa shape index (κ1) is 14.9. The van der Waals surface area contributed by atoms with Crippen molar-refractivity contribution in [3.63, 3.8) is 0 Å². The molecule has 0 fully saturated rings. The third-order valence-corrected chi connectivity index (χ3v) is 3.84. The first-order valence-corrected chi connectivity index (χ1v) is 7.65. The lowest BCUT2D eigenvalue weighted by molar-refractivity contribution is -0.114. The molecule has 3 N–H and O–H groups in total. The fraction of sp³-hybridized carbons (Fsp3) is 0.0667. The summed E-state index contributed by atoms with van der Waals surface area (Å²) in [4.78, 5) is 23.8. The minimum Gasteiger partial charge on any atom is -0.326 e. The highest BCUT2D eigenvalue weighted by atomic mass is 32.1. The molecule has 8 heteroatoms. The standard InChI is InChI=1S/C15H13N5O2S/c1-9(21)16-10-4-2-5-11(8-10)17-19-14-13(18-20-15(14)22)12-6-3-7-23-12/h2-8H,1H3,(H,16,21)(H2,18,20,22). The molecule has 0 unspecified atom stereocenters. The highest BCUT2D eigenvalue weighted by Crippen LogP contribution is 2.30. The molecule has 7 nitrogen and oxygen atoms in total. The van der Waals surface area contributed by atoms with Crippen LogP contribution in [0.4, 0.5) is 17.1 Å². The van der Waals surface area contributed by atoms with Crippen molar-refractivity contribution in [3.05, 3.63) is 52.1 Å². The lowest BCUT2D eigenvalue weighted by Gasteiger charge is -2.01. The van der Waals surface area contributed by atoms with Crippen molar-refractivity contribution < 1.29 is 4.79 Å². The Hall–Kier alpha value is -3.00. The van der Waals surface area contributed by atoms with Crippen LogP contribution in [-0.4, -0.2) is 16.1 Å². The van der Waals surface area contributed by atoms with Crippen LogP contribution in [0.5, 0.6) is 0 Å². The number of aromatic nitrogens is 2. The summed E-state index contributed by atoms with van der Waals surface area (Å²) in [7, 11) is 0. The van der Waals surface area contributed by atoms with Crippen LogP contribution >= 0.6 is 11.3 Å². The number of carbonyl (C=O) groups is 1. The van der Waals surface area contributed by atoms with Gasteiger partial charge in [-0.25, -0.2) is 0 Å². The van der Waals surface area contributed by atoms with Gasteiger partial charge in [0, 0.05) is 12.6 Å². The number of H-pyrrole nitrogens is 2. The molecule has 1 amide bonds. The van der Waals surface area contributed by atoms with E-state index < -0.39 is 0 Å². The van der Waals surface area contributed by atoms with E-state index in [1.807, 2.05) is 17.5 Å². The largest absolute Gasteiger partial charge is 0.326 e. The van der Waals surface area contributed by atoms with E-state index in [4.69, 9.17) is 0 Å². The van der Waals surface area contributed by atoms with Crippen molar-refractivity contribution in [2.75, 3.05) is 5.32 Å². The van der Waals surface area contributed by atoms with Crippen LogP contribution in [0.3, 0.4) is 0 Å². The lowest BCUT2D eigenvalue weighted by Crippen LogP contribution is -2.05. The Morgan fingerprint density at radius 1 is 1.17 bits per heavy atom. The van der Waals surface area contributed by atoms with Crippen molar-refractivity contribution in [2.45, 2.75) is 6.92 Å². The molecule has 2 heterocycles. The Bertz CT molecular complexity index is 908. The summed E-state index contributed by atoms with van der Waals surface area (Å²) < 4.78 is 0. The average Bonchev–Trinajstić information content (AvgIpc) is 3.14. The average molecular weight is 327 g/mol. The van der Waals surface area contributed by atoms with Gasteiger partial charge in [-0.1, -0.05) is 12.1 Å². The van der Waals surface area contributed by atoms with Gasteiger partial charge in [-0.05, 0) is 29.6 Å². The first-order chi connectivity index (χ1) is 11.1. The van der Waals surface area contributed by atoms with E-state index >= 15 is 0 Å². The van der Waals surface area contributed by atoms with Gasteiger partial charge in [0.1, 0.15) is 5.69 Å². The fourth-order valence-electron chi connectivity index (χ4n) is 2.00. The summed E-state index contributed by atoms with van der Waals surface area (Å²) in [6, 6.07) is 10.7. The first-order valence-electron chi connectivity index (χ1n) is 6.77. The van der Waals surface area contributed by atoms with Gasteiger partial charge in [0.2, 0.25) is 5.91 Å². The molecule has 0 radical (unpaired) electrons. The molecule has 3 aromatic rings. The maximum absolute atomic E-state index is 11.9. The summed E-state index contributed by atoms with van der Waals surface area (Å²) in [5.74, 6) is -0.166. The highest BCUT2D eigenvalue weighted by molar-refractivity contribution is 7.13. The molecule has 0 aliphatic heterocycles. The molecular formula is C15H13N5O2S. The SMILES string of the molecule is CC(=O)Nc1cccc(N=Nc2c(-c3cccs3)[nH][nH]c2=O)c1. The zero-order valence-electron chi connectivity index (χ0n) is 12.2. The number of benzene rings is 1. The molecule has 2 aromatic heterocycles. The summed E-state index contributed by atoms with van der Waals surface area (Å²) in [6.07, 6.45) is 0. The zero-order valence-corrected chi connectivity index (χ0v) is 13.0. The van der Waals surface area contributed by atoms with Crippen LogP contribution in [0, 0.1) is 0 Å². The summed E-state index contributed by atoms with van der Waals surface area (Å²) in [6.45, 7) is 1.43. The number of nitrogens with zero attached hydrogens (tertiary/aromatic N) is 2. The Morgan fingerprint density at radius 3 is 2.78 bits per heavy atom. The molecule has 0 aliphatic rings. The summed E-state index contributed by atoms with van der Waals surface area (Å²) in [5, 5.41) is 18.1. The number of nitrogens with one attached hydrogen (secondary N) is 3. The minimum absolute atomic E-state index is 0.166. The third kappa shape index (κ3) is 3.43. The van der Waals surface area contributed by atoms with E-state index in [1.165, 1.54) is 18.3 Å². The molecule has 0 saturated carbocycles. The molecule has 23 heavy (non-hydrogen) atoms. The number of aromatic amines is 2. The predicted molar refractivity (Wildman–Crippen MR) is 89.6 cm³/mol. The number of hydrogen-bond donors (Lipinski definition) is 3. The van der Waals surface area contributed by atoms with Crippen molar-refractivity contribution in [1.82, 2.24) is 10.2 Å². The van der Waals surface area contributed by atoms with Crippen molar-refractivity contribution in [2.24, 2.45) is 10.2 Å². The second kappa shape index (κ2) is 6.41.